The Morgan fingerprint density at radius 3 is 2.40 bits per heavy atom. The van der Waals surface area contributed by atoms with Gasteiger partial charge in [0.05, 0.1) is 0 Å². The van der Waals surface area contributed by atoms with Gasteiger partial charge < -0.3 is 15.5 Å². The molecule has 0 atom stereocenters. The fraction of sp³-hybridized carbons (Fsp3) is 1.00. The Bertz CT molecular complexity index is 172. The fourth-order valence-corrected chi connectivity index (χ4v) is 2.19. The number of likely N-dealkylation sites (tertiary alicyclic amines) is 1. The Balaban J connectivity index is 2.19. The van der Waals surface area contributed by atoms with Crippen molar-refractivity contribution >= 4 is 0 Å². The largest absolute Gasteiger partial charge is 0.318 e. The van der Waals surface area contributed by atoms with Gasteiger partial charge >= 0.3 is 0 Å². The Labute approximate surface area is 94.6 Å². The van der Waals surface area contributed by atoms with Crippen molar-refractivity contribution in [3.63, 3.8) is 0 Å². The van der Waals surface area contributed by atoms with Crippen molar-refractivity contribution < 1.29 is 0 Å². The molecule has 0 radical (unpaired) electrons. The van der Waals surface area contributed by atoms with Crippen LogP contribution in [0.25, 0.3) is 0 Å². The first kappa shape index (κ1) is 12.9. The van der Waals surface area contributed by atoms with E-state index in [-0.39, 0.29) is 5.54 Å². The zero-order valence-electron chi connectivity index (χ0n) is 10.8. The molecule has 2 N–H and O–H groups in total. The van der Waals surface area contributed by atoms with E-state index in [9.17, 15) is 0 Å². The van der Waals surface area contributed by atoms with E-state index < -0.39 is 0 Å². The van der Waals surface area contributed by atoms with Gasteiger partial charge in [-0.25, -0.2) is 0 Å². The van der Waals surface area contributed by atoms with Crippen LogP contribution >= 0.6 is 0 Å². The number of likely N-dealkylation sites (N-methyl/N-ethyl adjacent to an activating group) is 1. The van der Waals surface area contributed by atoms with E-state index in [0.717, 1.165) is 12.5 Å². The summed E-state index contributed by atoms with van der Waals surface area (Å²) in [5.74, 6) is 0.873. The van der Waals surface area contributed by atoms with E-state index in [4.69, 9.17) is 0 Å². The van der Waals surface area contributed by atoms with Crippen LogP contribution < -0.4 is 10.6 Å². The zero-order chi connectivity index (χ0) is 11.3. The lowest BCUT2D eigenvalue weighted by Gasteiger charge is -2.33. The molecule has 0 aliphatic carbocycles. The first-order valence-electron chi connectivity index (χ1n) is 6.12. The summed E-state index contributed by atoms with van der Waals surface area (Å²) < 4.78 is 0. The van der Waals surface area contributed by atoms with Gasteiger partial charge in [-0.15, -0.1) is 0 Å². The van der Waals surface area contributed by atoms with Crippen molar-refractivity contribution in [2.45, 2.75) is 32.2 Å². The molecule has 0 amide bonds. The molecule has 0 bridgehead atoms. The van der Waals surface area contributed by atoms with E-state index in [1.165, 1.54) is 32.5 Å². The highest BCUT2D eigenvalue weighted by Gasteiger charge is 2.20. The third-order valence-electron chi connectivity index (χ3n) is 3.33. The van der Waals surface area contributed by atoms with Crippen LogP contribution in [0.3, 0.4) is 0 Å². The van der Waals surface area contributed by atoms with Gasteiger partial charge in [0.25, 0.3) is 0 Å². The van der Waals surface area contributed by atoms with Crippen LogP contribution in [0.2, 0.25) is 0 Å². The molecule has 3 heteroatoms. The summed E-state index contributed by atoms with van der Waals surface area (Å²) in [4.78, 5) is 2.43. The van der Waals surface area contributed by atoms with E-state index in [0.29, 0.717) is 0 Å². The molecule has 0 saturated carbocycles. The molecule has 0 aromatic heterocycles. The number of hydrogen-bond acceptors (Lipinski definition) is 3. The summed E-state index contributed by atoms with van der Waals surface area (Å²) in [6, 6.07) is 0. The average Bonchev–Trinajstić information content (AvgIpc) is 2.17. The highest BCUT2D eigenvalue weighted by molar-refractivity contribution is 4.82. The van der Waals surface area contributed by atoms with Crippen LogP contribution in [-0.2, 0) is 0 Å². The van der Waals surface area contributed by atoms with Crippen molar-refractivity contribution in [2.24, 2.45) is 5.92 Å². The maximum Gasteiger partial charge on any atom is 0.0249 e. The Morgan fingerprint density at radius 2 is 1.87 bits per heavy atom. The third-order valence-corrected chi connectivity index (χ3v) is 3.33. The summed E-state index contributed by atoms with van der Waals surface area (Å²) in [6.45, 7) is 9.25. The van der Waals surface area contributed by atoms with Gasteiger partial charge in [-0.3, -0.25) is 0 Å². The number of nitrogens with zero attached hydrogens (tertiary/aromatic N) is 1. The Morgan fingerprint density at radius 1 is 1.27 bits per heavy atom. The molecule has 0 aromatic rings. The van der Waals surface area contributed by atoms with Crippen molar-refractivity contribution in [1.82, 2.24) is 15.5 Å². The standard InChI is InChI=1S/C12H27N3/c1-12(2,10-13-3)14-9-11-5-7-15(4)8-6-11/h11,13-14H,5-10H2,1-4H3. The minimum Gasteiger partial charge on any atom is -0.318 e. The van der Waals surface area contributed by atoms with Crippen LogP contribution in [0, 0.1) is 5.92 Å². The second-order valence-corrected chi connectivity index (χ2v) is 5.54. The molecule has 0 aromatic carbocycles. The molecule has 0 unspecified atom stereocenters. The van der Waals surface area contributed by atoms with Gasteiger partial charge in [-0.1, -0.05) is 0 Å². The summed E-state index contributed by atoms with van der Waals surface area (Å²) >= 11 is 0. The first-order chi connectivity index (χ1) is 7.03. The van der Waals surface area contributed by atoms with Crippen LogP contribution in [-0.4, -0.2) is 50.7 Å². The predicted octanol–water partition coefficient (Wildman–Crippen LogP) is 0.916. The lowest BCUT2D eigenvalue weighted by molar-refractivity contribution is 0.205. The Kier molecular flexibility index (Phi) is 5.03. The summed E-state index contributed by atoms with van der Waals surface area (Å²) in [5.41, 5.74) is 0.220. The molecule has 3 nitrogen and oxygen atoms in total. The molecule has 1 heterocycles. The fourth-order valence-electron chi connectivity index (χ4n) is 2.19. The maximum absolute atomic E-state index is 3.66. The molecule has 1 fully saturated rings. The van der Waals surface area contributed by atoms with Gasteiger partial charge in [-0.05, 0) is 66.3 Å². The highest BCUT2D eigenvalue weighted by atomic mass is 15.1. The third kappa shape index (κ3) is 4.96. The number of rotatable bonds is 5. The molecule has 1 aliphatic heterocycles. The minimum atomic E-state index is 0.220. The summed E-state index contributed by atoms with van der Waals surface area (Å²) in [6.07, 6.45) is 2.69. The van der Waals surface area contributed by atoms with Crippen LogP contribution in [0.15, 0.2) is 0 Å². The maximum atomic E-state index is 3.66. The topological polar surface area (TPSA) is 27.3 Å². The molecule has 1 rings (SSSR count). The van der Waals surface area contributed by atoms with E-state index in [1.54, 1.807) is 0 Å². The van der Waals surface area contributed by atoms with Gasteiger partial charge in [0.1, 0.15) is 0 Å². The van der Waals surface area contributed by atoms with Crippen LogP contribution in [0.5, 0.6) is 0 Å². The summed E-state index contributed by atoms with van der Waals surface area (Å²) in [7, 11) is 4.23. The normalized spacial score (nSPS) is 20.8. The highest BCUT2D eigenvalue weighted by Crippen LogP contribution is 2.15. The van der Waals surface area contributed by atoms with E-state index in [1.807, 2.05) is 7.05 Å². The lowest BCUT2D eigenvalue weighted by atomic mass is 9.95. The minimum absolute atomic E-state index is 0.220. The first-order valence-corrected chi connectivity index (χ1v) is 6.12. The molecule has 15 heavy (non-hydrogen) atoms. The number of nitrogens with one attached hydrogen (secondary N) is 2. The van der Waals surface area contributed by atoms with Gasteiger partial charge in [0, 0.05) is 12.1 Å². The van der Waals surface area contributed by atoms with E-state index in [2.05, 4.69) is 36.4 Å². The van der Waals surface area contributed by atoms with Crippen LogP contribution in [0.1, 0.15) is 26.7 Å². The van der Waals surface area contributed by atoms with E-state index >= 15 is 0 Å². The lowest BCUT2D eigenvalue weighted by Crippen LogP contribution is -2.49. The van der Waals surface area contributed by atoms with Crippen LogP contribution in [0.4, 0.5) is 0 Å². The van der Waals surface area contributed by atoms with Gasteiger partial charge in [0.15, 0.2) is 0 Å². The molecular weight excluding hydrogens is 186 g/mol. The average molecular weight is 213 g/mol. The molecule has 0 spiro atoms. The smallest absolute Gasteiger partial charge is 0.0249 e. The zero-order valence-corrected chi connectivity index (χ0v) is 10.8. The van der Waals surface area contributed by atoms with Gasteiger partial charge in [-0.2, -0.15) is 0 Å². The molecule has 1 aliphatic rings. The van der Waals surface area contributed by atoms with Gasteiger partial charge in [0.2, 0.25) is 0 Å². The number of piperidine rings is 1. The summed E-state index contributed by atoms with van der Waals surface area (Å²) in [5, 5.41) is 6.90. The monoisotopic (exact) mass is 213 g/mol. The second kappa shape index (κ2) is 5.83. The van der Waals surface area contributed by atoms with Crippen molar-refractivity contribution in [2.75, 3.05) is 40.3 Å². The van der Waals surface area contributed by atoms with Crippen molar-refractivity contribution in [3.8, 4) is 0 Å². The molecule has 1 saturated heterocycles. The number of hydrogen-bond donors (Lipinski definition) is 2. The van der Waals surface area contributed by atoms with Crippen molar-refractivity contribution in [1.29, 1.82) is 0 Å². The molecular formula is C12H27N3. The Hall–Kier alpha value is -0.120. The molecule has 90 valence electrons. The SMILES string of the molecule is CNCC(C)(C)NCC1CCN(C)CC1. The van der Waals surface area contributed by atoms with Crippen molar-refractivity contribution in [3.05, 3.63) is 0 Å². The second-order valence-electron chi connectivity index (χ2n) is 5.54. The predicted molar refractivity (Wildman–Crippen MR) is 66.2 cm³/mol. The quantitative estimate of drug-likeness (QED) is 0.711.